The van der Waals surface area contributed by atoms with Crippen LogP contribution in [0.1, 0.15) is 31.8 Å². The summed E-state index contributed by atoms with van der Waals surface area (Å²) in [6.07, 6.45) is 0. The topological polar surface area (TPSA) is 139 Å². The molecule has 154 valence electrons. The van der Waals surface area contributed by atoms with Gasteiger partial charge in [0, 0.05) is 23.3 Å². The molecule has 0 bridgehead atoms. The van der Waals surface area contributed by atoms with Gasteiger partial charge >= 0.3 is 0 Å². The second-order valence-electron chi connectivity index (χ2n) is 6.80. The first-order valence-corrected chi connectivity index (χ1v) is 8.93. The molecule has 0 radical (unpaired) electrons. The third-order valence-electron chi connectivity index (χ3n) is 4.51. The molecule has 0 aliphatic heterocycles. The summed E-state index contributed by atoms with van der Waals surface area (Å²) in [7, 11) is 0. The van der Waals surface area contributed by atoms with Crippen molar-refractivity contribution in [3.05, 3.63) is 70.8 Å². The van der Waals surface area contributed by atoms with E-state index < -0.39 is 11.8 Å². The number of aryl methyl sites for hydroxylation is 2. The molecular formula is C22H20N2O6. The lowest BCUT2D eigenvalue weighted by Gasteiger charge is -2.11. The molecule has 3 aromatic rings. The Kier molecular flexibility index (Phi) is 5.50. The molecule has 8 nitrogen and oxygen atoms in total. The molecule has 3 aromatic carbocycles. The van der Waals surface area contributed by atoms with Crippen molar-refractivity contribution in [1.29, 1.82) is 0 Å². The predicted octanol–water partition coefficient (Wildman–Crippen LogP) is 3.63. The minimum Gasteiger partial charge on any atom is -0.508 e. The van der Waals surface area contributed by atoms with Gasteiger partial charge in [0.2, 0.25) is 0 Å². The fourth-order valence-electron chi connectivity index (χ4n) is 2.76. The van der Waals surface area contributed by atoms with Crippen LogP contribution in [0, 0.1) is 13.8 Å². The van der Waals surface area contributed by atoms with Crippen LogP contribution in [-0.4, -0.2) is 32.2 Å². The van der Waals surface area contributed by atoms with Gasteiger partial charge in [0.05, 0.1) is 11.4 Å². The summed E-state index contributed by atoms with van der Waals surface area (Å²) >= 11 is 0. The van der Waals surface area contributed by atoms with Crippen molar-refractivity contribution < 1.29 is 30.0 Å². The van der Waals surface area contributed by atoms with Gasteiger partial charge < -0.3 is 31.1 Å². The fourth-order valence-corrected chi connectivity index (χ4v) is 2.76. The number of phenolic OH excluding ortho intramolecular Hbond substituents is 4. The zero-order chi connectivity index (χ0) is 22.0. The summed E-state index contributed by atoms with van der Waals surface area (Å²) in [6, 6.07) is 11.0. The highest BCUT2D eigenvalue weighted by molar-refractivity contribution is 6.09. The van der Waals surface area contributed by atoms with Gasteiger partial charge in [-0.3, -0.25) is 9.59 Å². The second kappa shape index (κ2) is 8.04. The molecule has 8 heteroatoms. The minimum atomic E-state index is -0.562. The molecule has 0 atom stereocenters. The van der Waals surface area contributed by atoms with Crippen molar-refractivity contribution in [2.24, 2.45) is 0 Å². The lowest BCUT2D eigenvalue weighted by Crippen LogP contribution is -2.16. The van der Waals surface area contributed by atoms with Crippen LogP contribution in [0.5, 0.6) is 23.0 Å². The number of rotatable bonds is 4. The maximum Gasteiger partial charge on any atom is 0.255 e. The number of hydrogen-bond donors (Lipinski definition) is 6. The highest BCUT2D eigenvalue weighted by atomic mass is 16.3. The van der Waals surface area contributed by atoms with Gasteiger partial charge in [-0.15, -0.1) is 0 Å². The second-order valence-corrected chi connectivity index (χ2v) is 6.80. The summed E-state index contributed by atoms with van der Waals surface area (Å²) in [5, 5.41) is 44.1. The predicted molar refractivity (Wildman–Crippen MR) is 111 cm³/mol. The first kappa shape index (κ1) is 20.5. The van der Waals surface area contributed by atoms with Crippen LogP contribution in [0.2, 0.25) is 0 Å². The standard InChI is InChI=1S/C22H20N2O6/c1-11-6-15(19(27)9-17(11)25)23-21(29)13-4-3-5-14(8-13)22(30)24-16-7-12(2)18(26)10-20(16)28/h3-10,25-28H,1-2H3,(H,23,29)(H,24,30). The van der Waals surface area contributed by atoms with Crippen molar-refractivity contribution in [2.45, 2.75) is 13.8 Å². The number of carbonyl (C=O) groups excluding carboxylic acids is 2. The molecule has 0 saturated heterocycles. The smallest absolute Gasteiger partial charge is 0.255 e. The molecular weight excluding hydrogens is 388 g/mol. The maximum absolute atomic E-state index is 12.5. The Morgan fingerprint density at radius 3 is 1.43 bits per heavy atom. The van der Waals surface area contributed by atoms with Gasteiger partial charge in [-0.25, -0.2) is 0 Å². The molecule has 0 fully saturated rings. The highest BCUT2D eigenvalue weighted by Gasteiger charge is 2.15. The zero-order valence-corrected chi connectivity index (χ0v) is 16.2. The van der Waals surface area contributed by atoms with E-state index in [9.17, 15) is 30.0 Å². The van der Waals surface area contributed by atoms with Crippen LogP contribution in [0.3, 0.4) is 0 Å². The van der Waals surface area contributed by atoms with Crippen molar-refractivity contribution in [2.75, 3.05) is 10.6 Å². The monoisotopic (exact) mass is 408 g/mol. The van der Waals surface area contributed by atoms with Gasteiger partial charge in [0.15, 0.2) is 0 Å². The van der Waals surface area contributed by atoms with Crippen LogP contribution in [0.25, 0.3) is 0 Å². The Hall–Kier alpha value is -4.20. The molecule has 6 N–H and O–H groups in total. The summed E-state index contributed by atoms with van der Waals surface area (Å²) in [5.74, 6) is -1.91. The number of nitrogens with one attached hydrogen (secondary N) is 2. The molecule has 0 aliphatic rings. The molecule has 0 unspecified atom stereocenters. The van der Waals surface area contributed by atoms with Gasteiger partial charge in [-0.2, -0.15) is 0 Å². The average molecular weight is 408 g/mol. The van der Waals surface area contributed by atoms with Gasteiger partial charge in [-0.1, -0.05) is 6.07 Å². The van der Waals surface area contributed by atoms with Crippen molar-refractivity contribution in [3.8, 4) is 23.0 Å². The summed E-state index contributed by atoms with van der Waals surface area (Å²) < 4.78 is 0. The van der Waals surface area contributed by atoms with Crippen molar-refractivity contribution in [3.63, 3.8) is 0 Å². The van der Waals surface area contributed by atoms with Gasteiger partial charge in [0.1, 0.15) is 23.0 Å². The quantitative estimate of drug-likeness (QED) is 0.288. The van der Waals surface area contributed by atoms with Crippen molar-refractivity contribution in [1.82, 2.24) is 0 Å². The van der Waals surface area contributed by atoms with Crippen LogP contribution in [0.4, 0.5) is 11.4 Å². The van der Waals surface area contributed by atoms with E-state index in [1.54, 1.807) is 13.8 Å². The SMILES string of the molecule is Cc1cc(NC(=O)c2cccc(C(=O)Nc3cc(C)c(O)cc3O)c2)c(O)cc1O. The van der Waals surface area contributed by atoms with Crippen LogP contribution in [0.15, 0.2) is 48.5 Å². The summed E-state index contributed by atoms with van der Waals surface area (Å²) in [4.78, 5) is 25.1. The van der Waals surface area contributed by atoms with E-state index in [0.29, 0.717) is 11.1 Å². The highest BCUT2D eigenvalue weighted by Crippen LogP contribution is 2.32. The molecule has 0 aromatic heterocycles. The Balaban J connectivity index is 1.80. The van der Waals surface area contributed by atoms with E-state index >= 15 is 0 Å². The molecule has 3 rings (SSSR count). The van der Waals surface area contributed by atoms with Crippen molar-refractivity contribution >= 4 is 23.2 Å². The Bertz CT molecular complexity index is 1070. The number of amides is 2. The average Bonchev–Trinajstić information content (AvgIpc) is 2.70. The van der Waals surface area contributed by atoms with Crippen LogP contribution >= 0.6 is 0 Å². The molecule has 0 aliphatic carbocycles. The summed E-state index contributed by atoms with van der Waals surface area (Å²) in [6.45, 7) is 3.24. The number of benzene rings is 3. The molecule has 0 spiro atoms. The molecule has 2 amide bonds. The first-order valence-electron chi connectivity index (χ1n) is 8.93. The lowest BCUT2D eigenvalue weighted by atomic mass is 10.1. The van der Waals surface area contributed by atoms with E-state index in [4.69, 9.17) is 0 Å². The number of phenols is 4. The number of aromatic hydroxyl groups is 4. The van der Waals surface area contributed by atoms with E-state index in [0.717, 1.165) is 12.1 Å². The van der Waals surface area contributed by atoms with E-state index in [-0.39, 0.29) is 45.5 Å². The maximum atomic E-state index is 12.5. The molecule has 30 heavy (non-hydrogen) atoms. The number of hydrogen-bond acceptors (Lipinski definition) is 6. The minimum absolute atomic E-state index is 0.100. The lowest BCUT2D eigenvalue weighted by molar-refractivity contribution is 0.102. The van der Waals surface area contributed by atoms with Crippen LogP contribution in [-0.2, 0) is 0 Å². The van der Waals surface area contributed by atoms with Gasteiger partial charge in [-0.05, 0) is 55.3 Å². The Morgan fingerprint density at radius 1 is 0.633 bits per heavy atom. The normalized spacial score (nSPS) is 10.5. The largest absolute Gasteiger partial charge is 0.508 e. The molecule has 0 saturated carbocycles. The Morgan fingerprint density at radius 2 is 1.03 bits per heavy atom. The van der Waals surface area contributed by atoms with E-state index in [1.165, 1.54) is 36.4 Å². The first-order chi connectivity index (χ1) is 14.2. The summed E-state index contributed by atoms with van der Waals surface area (Å²) in [5.41, 5.74) is 1.52. The van der Waals surface area contributed by atoms with Gasteiger partial charge in [0.25, 0.3) is 11.8 Å². The number of carbonyl (C=O) groups is 2. The number of anilines is 2. The third kappa shape index (κ3) is 4.27. The van der Waals surface area contributed by atoms with E-state index in [2.05, 4.69) is 10.6 Å². The zero-order valence-electron chi connectivity index (χ0n) is 16.2. The van der Waals surface area contributed by atoms with Crippen LogP contribution < -0.4 is 10.6 Å². The third-order valence-corrected chi connectivity index (χ3v) is 4.51. The molecule has 0 heterocycles. The fraction of sp³-hybridized carbons (Fsp3) is 0.0909. The Labute approximate surface area is 172 Å². The van der Waals surface area contributed by atoms with E-state index in [1.807, 2.05) is 0 Å².